The van der Waals surface area contributed by atoms with Crippen molar-refractivity contribution >= 4 is 33.2 Å². The number of rotatable bonds is 3. The Bertz CT molecular complexity index is 622. The molecule has 1 fully saturated rings. The third kappa shape index (κ3) is 2.44. The van der Waals surface area contributed by atoms with Crippen LogP contribution in [-0.4, -0.2) is 35.0 Å². The lowest BCUT2D eigenvalue weighted by Gasteiger charge is -2.08. The second kappa shape index (κ2) is 4.72. The predicted octanol–water partition coefficient (Wildman–Crippen LogP) is 2.75. The van der Waals surface area contributed by atoms with Crippen LogP contribution >= 0.6 is 27.3 Å². The van der Waals surface area contributed by atoms with Crippen LogP contribution in [0, 0.1) is 5.92 Å². The molecule has 3 rings (SSSR count). The monoisotopic (exact) mass is 341 g/mol. The van der Waals surface area contributed by atoms with E-state index < -0.39 is 0 Å². The topological polar surface area (TPSA) is 59.2 Å². The molecule has 7 heteroatoms. The number of amides is 1. The minimum Gasteiger partial charge on any atom is -0.349 e. The van der Waals surface area contributed by atoms with Gasteiger partial charge in [-0.2, -0.15) is 4.98 Å². The lowest BCUT2D eigenvalue weighted by Crippen LogP contribution is -2.23. The number of carbonyl (C=O) groups is 1. The van der Waals surface area contributed by atoms with Gasteiger partial charge in [-0.25, -0.2) is 0 Å². The standard InChI is InChI=1S/C12H12BrN3O2S/c1-16(2)12(17)7-5-6(7)11-14-10(15-18-11)8-3-4-9(13)19-8/h3-4,6-7H,5H2,1-2H3/t6-,7+/m0/s1. The summed E-state index contributed by atoms with van der Waals surface area (Å²) in [7, 11) is 3.53. The molecular weight excluding hydrogens is 330 g/mol. The minimum atomic E-state index is -0.00151. The van der Waals surface area contributed by atoms with Gasteiger partial charge in [0.05, 0.1) is 20.5 Å². The van der Waals surface area contributed by atoms with Crippen molar-refractivity contribution in [2.24, 2.45) is 5.92 Å². The Balaban J connectivity index is 1.75. The van der Waals surface area contributed by atoms with Crippen LogP contribution in [0.1, 0.15) is 18.2 Å². The van der Waals surface area contributed by atoms with E-state index in [-0.39, 0.29) is 17.7 Å². The summed E-state index contributed by atoms with van der Waals surface area (Å²) in [5.74, 6) is 1.37. The molecule has 0 radical (unpaired) electrons. The molecular formula is C12H12BrN3O2S. The summed E-state index contributed by atoms with van der Waals surface area (Å²) in [6.07, 6.45) is 0.798. The van der Waals surface area contributed by atoms with E-state index in [4.69, 9.17) is 4.52 Å². The molecule has 0 aliphatic heterocycles. The van der Waals surface area contributed by atoms with Gasteiger partial charge in [0.25, 0.3) is 0 Å². The van der Waals surface area contributed by atoms with Crippen LogP contribution in [0.25, 0.3) is 10.7 Å². The molecule has 0 N–H and O–H groups in total. The maximum atomic E-state index is 11.8. The van der Waals surface area contributed by atoms with E-state index in [0.717, 1.165) is 15.1 Å². The smallest absolute Gasteiger partial charge is 0.230 e. The van der Waals surface area contributed by atoms with E-state index in [0.29, 0.717) is 11.7 Å². The normalized spacial score (nSPS) is 21.4. The minimum absolute atomic E-state index is 0.00151. The first-order valence-corrected chi connectivity index (χ1v) is 7.47. The van der Waals surface area contributed by atoms with Gasteiger partial charge >= 0.3 is 0 Å². The molecule has 0 aromatic carbocycles. The van der Waals surface area contributed by atoms with E-state index in [9.17, 15) is 4.79 Å². The molecule has 5 nitrogen and oxygen atoms in total. The Hall–Kier alpha value is -1.21. The zero-order valence-corrected chi connectivity index (χ0v) is 12.9. The Kier molecular flexibility index (Phi) is 3.18. The molecule has 19 heavy (non-hydrogen) atoms. The molecule has 0 spiro atoms. The largest absolute Gasteiger partial charge is 0.349 e. The van der Waals surface area contributed by atoms with Gasteiger partial charge in [0, 0.05) is 14.1 Å². The lowest BCUT2D eigenvalue weighted by atomic mass is 10.3. The fraction of sp³-hybridized carbons (Fsp3) is 0.417. The van der Waals surface area contributed by atoms with Crippen LogP contribution in [0.5, 0.6) is 0 Å². The molecule has 0 unspecified atom stereocenters. The fourth-order valence-corrected chi connectivity index (χ4v) is 3.30. The molecule has 1 saturated carbocycles. The molecule has 2 heterocycles. The number of aromatic nitrogens is 2. The van der Waals surface area contributed by atoms with Crippen molar-refractivity contribution in [1.82, 2.24) is 15.0 Å². The summed E-state index contributed by atoms with van der Waals surface area (Å²) in [5, 5.41) is 3.98. The summed E-state index contributed by atoms with van der Waals surface area (Å²) in [6, 6.07) is 3.89. The van der Waals surface area contributed by atoms with Gasteiger partial charge in [0.15, 0.2) is 0 Å². The van der Waals surface area contributed by atoms with E-state index in [1.165, 1.54) is 0 Å². The maximum Gasteiger partial charge on any atom is 0.230 e. The summed E-state index contributed by atoms with van der Waals surface area (Å²) in [5.41, 5.74) is 0. The molecule has 2 atom stereocenters. The highest BCUT2D eigenvalue weighted by molar-refractivity contribution is 9.11. The number of nitrogens with zero attached hydrogens (tertiary/aromatic N) is 3. The number of thiophene rings is 1. The van der Waals surface area contributed by atoms with Crippen LogP contribution in [-0.2, 0) is 4.79 Å². The number of carbonyl (C=O) groups excluding carboxylic acids is 1. The maximum absolute atomic E-state index is 11.8. The van der Waals surface area contributed by atoms with Gasteiger partial charge in [-0.1, -0.05) is 5.16 Å². The summed E-state index contributed by atoms with van der Waals surface area (Å²) < 4.78 is 6.30. The van der Waals surface area contributed by atoms with Crippen LogP contribution in [0.15, 0.2) is 20.4 Å². The van der Waals surface area contributed by atoms with E-state index in [1.807, 2.05) is 12.1 Å². The first-order valence-electron chi connectivity index (χ1n) is 5.86. The third-order valence-corrected chi connectivity index (χ3v) is 4.72. The van der Waals surface area contributed by atoms with Gasteiger partial charge < -0.3 is 9.42 Å². The highest BCUT2D eigenvalue weighted by Crippen LogP contribution is 2.48. The van der Waals surface area contributed by atoms with Crippen molar-refractivity contribution in [2.45, 2.75) is 12.3 Å². The Morgan fingerprint density at radius 3 is 2.95 bits per heavy atom. The first-order chi connectivity index (χ1) is 9.06. The molecule has 0 bridgehead atoms. The van der Waals surface area contributed by atoms with Gasteiger partial charge in [0.2, 0.25) is 17.6 Å². The molecule has 2 aromatic rings. The Labute approximate surface area is 122 Å². The fourth-order valence-electron chi connectivity index (χ4n) is 1.99. The molecule has 2 aromatic heterocycles. The van der Waals surface area contributed by atoms with E-state index in [1.54, 1.807) is 30.3 Å². The highest BCUT2D eigenvalue weighted by atomic mass is 79.9. The molecule has 100 valence electrons. The van der Waals surface area contributed by atoms with Crippen molar-refractivity contribution in [3.8, 4) is 10.7 Å². The quantitative estimate of drug-likeness (QED) is 0.861. The average Bonchev–Trinajstić information content (AvgIpc) is 2.81. The zero-order chi connectivity index (χ0) is 13.6. The van der Waals surface area contributed by atoms with Crippen molar-refractivity contribution in [2.75, 3.05) is 14.1 Å². The molecule has 1 aliphatic carbocycles. The second-order valence-corrected chi connectivity index (χ2v) is 7.20. The Morgan fingerprint density at radius 1 is 1.53 bits per heavy atom. The van der Waals surface area contributed by atoms with Gasteiger partial charge in [-0.05, 0) is 34.5 Å². The van der Waals surface area contributed by atoms with E-state index in [2.05, 4.69) is 26.1 Å². The van der Waals surface area contributed by atoms with Crippen molar-refractivity contribution in [3.05, 3.63) is 21.8 Å². The van der Waals surface area contributed by atoms with Gasteiger partial charge in [0.1, 0.15) is 0 Å². The molecule has 1 amide bonds. The van der Waals surface area contributed by atoms with Crippen LogP contribution < -0.4 is 0 Å². The van der Waals surface area contributed by atoms with Crippen LogP contribution in [0.3, 0.4) is 0 Å². The number of halogens is 1. The van der Waals surface area contributed by atoms with Crippen molar-refractivity contribution in [1.29, 1.82) is 0 Å². The number of hydrogen-bond acceptors (Lipinski definition) is 5. The van der Waals surface area contributed by atoms with Gasteiger partial charge in [-0.3, -0.25) is 4.79 Å². The molecule has 0 saturated heterocycles. The average molecular weight is 342 g/mol. The summed E-state index contributed by atoms with van der Waals surface area (Å²) >= 11 is 4.96. The molecule has 1 aliphatic rings. The van der Waals surface area contributed by atoms with Crippen LogP contribution in [0.2, 0.25) is 0 Å². The zero-order valence-electron chi connectivity index (χ0n) is 10.5. The van der Waals surface area contributed by atoms with E-state index >= 15 is 0 Å². The predicted molar refractivity (Wildman–Crippen MR) is 74.9 cm³/mol. The van der Waals surface area contributed by atoms with Gasteiger partial charge in [-0.15, -0.1) is 11.3 Å². The third-order valence-electron chi connectivity index (χ3n) is 3.10. The lowest BCUT2D eigenvalue weighted by molar-refractivity contribution is -0.130. The summed E-state index contributed by atoms with van der Waals surface area (Å²) in [4.78, 5) is 18.8. The highest BCUT2D eigenvalue weighted by Gasteiger charge is 2.48. The van der Waals surface area contributed by atoms with Crippen molar-refractivity contribution < 1.29 is 9.32 Å². The Morgan fingerprint density at radius 2 is 2.32 bits per heavy atom. The second-order valence-electron chi connectivity index (χ2n) is 4.74. The first kappa shape index (κ1) is 12.8. The SMILES string of the molecule is CN(C)C(=O)[C@@H]1C[C@@H]1c1nc(-c2ccc(Br)s2)no1. The van der Waals surface area contributed by atoms with Crippen molar-refractivity contribution in [3.63, 3.8) is 0 Å². The number of hydrogen-bond donors (Lipinski definition) is 0. The van der Waals surface area contributed by atoms with Crippen LogP contribution in [0.4, 0.5) is 0 Å². The summed E-state index contributed by atoms with van der Waals surface area (Å²) in [6.45, 7) is 0.